The van der Waals surface area contributed by atoms with E-state index >= 15 is 0 Å². The summed E-state index contributed by atoms with van der Waals surface area (Å²) in [5, 5.41) is 1.97. The Hall–Kier alpha value is -2.90. The van der Waals surface area contributed by atoms with Crippen LogP contribution in [0.2, 0.25) is 0 Å². The maximum Gasteiger partial charge on any atom is 0.336 e. The predicted molar refractivity (Wildman–Crippen MR) is 135 cm³/mol. The molecule has 2 heterocycles. The summed E-state index contributed by atoms with van der Waals surface area (Å²) in [6.07, 6.45) is 1.88. The Morgan fingerprint density at radius 1 is 1.22 bits per heavy atom. The fourth-order valence-corrected chi connectivity index (χ4v) is 5.15. The minimum absolute atomic E-state index is 0.168. The number of hydrogen-bond donors (Lipinski definition) is 0. The lowest BCUT2D eigenvalue weighted by Gasteiger charge is -2.23. The van der Waals surface area contributed by atoms with Crippen LogP contribution in [0, 0.1) is 0 Å². The third kappa shape index (κ3) is 4.95. The zero-order chi connectivity index (χ0) is 23.4. The summed E-state index contributed by atoms with van der Waals surface area (Å²) in [5.41, 5.74) is 2.94. The van der Waals surface area contributed by atoms with Gasteiger partial charge in [0.25, 0.3) is 5.56 Å². The van der Waals surface area contributed by atoms with E-state index in [-0.39, 0.29) is 12.2 Å². The van der Waals surface area contributed by atoms with Crippen LogP contribution in [0.15, 0.2) is 57.7 Å². The maximum absolute atomic E-state index is 13.5. The van der Waals surface area contributed by atoms with Gasteiger partial charge in [-0.25, -0.2) is 4.79 Å². The van der Waals surface area contributed by atoms with E-state index in [1.54, 1.807) is 22.8 Å². The number of thiazole rings is 1. The highest BCUT2D eigenvalue weighted by atomic mass is 32.1. The number of ether oxygens (including phenoxy) is 1. The molecule has 0 fully saturated rings. The number of esters is 1. The number of anilines is 1. The SMILES string of the molecule is C=c1s/c(=C/c2cccs2)c(=O)n1C(C(C(=O)OCC)=C(C)C)c1ccc(N(C)C)cc1. The fourth-order valence-electron chi connectivity index (χ4n) is 3.50. The second-order valence-electron chi connectivity index (χ2n) is 7.72. The summed E-state index contributed by atoms with van der Waals surface area (Å²) in [7, 11) is 3.94. The first-order valence-corrected chi connectivity index (χ1v) is 12.0. The van der Waals surface area contributed by atoms with E-state index in [1.807, 2.05) is 80.7 Å². The first-order chi connectivity index (χ1) is 15.2. The lowest BCUT2D eigenvalue weighted by molar-refractivity contribution is -0.139. The molecule has 0 spiro atoms. The molecule has 0 amide bonds. The van der Waals surface area contributed by atoms with Gasteiger partial charge in [-0.05, 0) is 56.0 Å². The topological polar surface area (TPSA) is 51.5 Å². The van der Waals surface area contributed by atoms with Crippen LogP contribution in [-0.2, 0) is 9.53 Å². The Morgan fingerprint density at radius 3 is 2.44 bits per heavy atom. The average Bonchev–Trinajstić information content (AvgIpc) is 3.34. The predicted octanol–water partition coefficient (Wildman–Crippen LogP) is 3.77. The zero-order valence-electron chi connectivity index (χ0n) is 19.0. The molecule has 168 valence electrons. The van der Waals surface area contributed by atoms with Crippen molar-refractivity contribution in [3.63, 3.8) is 0 Å². The summed E-state index contributed by atoms with van der Waals surface area (Å²) in [5.74, 6) is -0.421. The largest absolute Gasteiger partial charge is 0.463 e. The van der Waals surface area contributed by atoms with Crippen molar-refractivity contribution in [3.8, 4) is 0 Å². The number of benzene rings is 1. The Labute approximate surface area is 196 Å². The number of aromatic nitrogens is 1. The summed E-state index contributed by atoms with van der Waals surface area (Å²) >= 11 is 2.90. The van der Waals surface area contributed by atoms with Gasteiger partial charge in [-0.2, -0.15) is 0 Å². The van der Waals surface area contributed by atoms with Crippen molar-refractivity contribution in [2.45, 2.75) is 26.8 Å². The molecule has 0 N–H and O–H groups in total. The molecule has 0 bridgehead atoms. The second kappa shape index (κ2) is 10.1. The van der Waals surface area contributed by atoms with E-state index in [0.29, 0.717) is 14.8 Å². The minimum atomic E-state index is -0.628. The number of carbonyl (C=O) groups is 1. The third-order valence-electron chi connectivity index (χ3n) is 5.03. The van der Waals surface area contributed by atoms with Gasteiger partial charge in [0.05, 0.1) is 27.4 Å². The van der Waals surface area contributed by atoms with Crippen molar-refractivity contribution in [2.24, 2.45) is 0 Å². The Bertz CT molecular complexity index is 1280. The van der Waals surface area contributed by atoms with Crippen molar-refractivity contribution in [3.05, 3.63) is 82.9 Å². The molecule has 3 rings (SSSR count). The van der Waals surface area contributed by atoms with E-state index in [4.69, 9.17) is 4.74 Å². The molecule has 0 saturated heterocycles. The van der Waals surface area contributed by atoms with E-state index in [0.717, 1.165) is 21.7 Å². The van der Waals surface area contributed by atoms with Crippen molar-refractivity contribution >= 4 is 47.0 Å². The van der Waals surface area contributed by atoms with Crippen LogP contribution in [0.1, 0.15) is 37.3 Å². The molecule has 1 atom stereocenters. The van der Waals surface area contributed by atoms with Crippen LogP contribution in [0.25, 0.3) is 12.7 Å². The molecule has 2 aromatic heterocycles. The van der Waals surface area contributed by atoms with Gasteiger partial charge < -0.3 is 9.64 Å². The van der Waals surface area contributed by atoms with Crippen LogP contribution in [0.5, 0.6) is 0 Å². The van der Waals surface area contributed by atoms with E-state index in [1.165, 1.54) is 11.3 Å². The van der Waals surface area contributed by atoms with Crippen LogP contribution in [0.4, 0.5) is 5.69 Å². The number of thiophene rings is 1. The monoisotopic (exact) mass is 468 g/mol. The third-order valence-corrected chi connectivity index (χ3v) is 6.80. The first kappa shape index (κ1) is 23.8. The van der Waals surface area contributed by atoms with E-state index in [2.05, 4.69) is 6.58 Å². The lowest BCUT2D eigenvalue weighted by Crippen LogP contribution is -2.37. The van der Waals surface area contributed by atoms with Crippen molar-refractivity contribution in [2.75, 3.05) is 25.6 Å². The highest BCUT2D eigenvalue weighted by Gasteiger charge is 2.29. The molecule has 1 unspecified atom stereocenters. The molecule has 1 aromatic carbocycles. The van der Waals surface area contributed by atoms with Gasteiger partial charge in [0, 0.05) is 24.7 Å². The van der Waals surface area contributed by atoms with Gasteiger partial charge >= 0.3 is 5.97 Å². The number of rotatable bonds is 7. The fraction of sp³-hybridized carbons (Fsp3) is 0.280. The first-order valence-electron chi connectivity index (χ1n) is 10.3. The van der Waals surface area contributed by atoms with Crippen LogP contribution < -0.4 is 19.7 Å². The summed E-state index contributed by atoms with van der Waals surface area (Å²) < 4.78 is 8.17. The molecule has 0 aliphatic heterocycles. The van der Waals surface area contributed by atoms with Crippen molar-refractivity contribution in [1.82, 2.24) is 4.57 Å². The molecule has 5 nitrogen and oxygen atoms in total. The average molecular weight is 469 g/mol. The van der Waals surface area contributed by atoms with Crippen molar-refractivity contribution < 1.29 is 9.53 Å². The quantitative estimate of drug-likeness (QED) is 0.391. The standard InChI is InChI=1S/C25H28N2O3S2/c1-7-30-25(29)22(16(2)3)23(18-10-12-19(13-11-18)26(5)6)27-17(4)32-21(24(27)28)15-20-9-8-14-31-20/h8-15,23H,4,7H2,1-3,5-6H3/b21-15+. The molecular formula is C25H28N2O3S2. The number of hydrogen-bond acceptors (Lipinski definition) is 6. The van der Waals surface area contributed by atoms with Gasteiger partial charge in [-0.1, -0.05) is 30.4 Å². The molecule has 0 radical (unpaired) electrons. The summed E-state index contributed by atoms with van der Waals surface area (Å²) in [6.45, 7) is 9.92. The van der Waals surface area contributed by atoms with Crippen LogP contribution in [0.3, 0.4) is 0 Å². The minimum Gasteiger partial charge on any atom is -0.463 e. The number of allylic oxidation sites excluding steroid dienone is 1. The molecule has 0 saturated carbocycles. The van der Waals surface area contributed by atoms with Gasteiger partial charge in [0.1, 0.15) is 0 Å². The second-order valence-corrected chi connectivity index (χ2v) is 9.81. The normalized spacial score (nSPS) is 12.5. The number of nitrogens with zero attached hydrogens (tertiary/aromatic N) is 2. The Kier molecular flexibility index (Phi) is 7.53. The lowest BCUT2D eigenvalue weighted by atomic mass is 9.94. The molecule has 32 heavy (non-hydrogen) atoms. The maximum atomic E-state index is 13.5. The Balaban J connectivity index is 2.28. The van der Waals surface area contributed by atoms with Gasteiger partial charge in [-0.3, -0.25) is 9.36 Å². The van der Waals surface area contributed by atoms with E-state index in [9.17, 15) is 9.59 Å². The molecular weight excluding hydrogens is 440 g/mol. The highest BCUT2D eigenvalue weighted by Crippen LogP contribution is 2.29. The molecule has 0 aliphatic carbocycles. The summed E-state index contributed by atoms with van der Waals surface area (Å²) in [6, 6.07) is 11.2. The highest BCUT2D eigenvalue weighted by molar-refractivity contribution is 7.11. The smallest absolute Gasteiger partial charge is 0.336 e. The molecule has 3 aromatic rings. The van der Waals surface area contributed by atoms with Gasteiger partial charge in [0.2, 0.25) is 0 Å². The van der Waals surface area contributed by atoms with Gasteiger partial charge in [-0.15, -0.1) is 22.7 Å². The number of carbonyl (C=O) groups excluding carboxylic acids is 1. The van der Waals surface area contributed by atoms with Crippen LogP contribution in [-0.4, -0.2) is 31.2 Å². The van der Waals surface area contributed by atoms with E-state index < -0.39 is 12.0 Å². The molecule has 7 heteroatoms. The van der Waals surface area contributed by atoms with Crippen LogP contribution >= 0.6 is 22.7 Å². The Morgan fingerprint density at radius 2 is 1.91 bits per heavy atom. The van der Waals surface area contributed by atoms with Crippen molar-refractivity contribution in [1.29, 1.82) is 0 Å². The summed E-state index contributed by atoms with van der Waals surface area (Å²) in [4.78, 5) is 29.5. The van der Waals surface area contributed by atoms with Gasteiger partial charge in [0.15, 0.2) is 0 Å². The zero-order valence-corrected chi connectivity index (χ0v) is 20.7. The molecule has 0 aliphatic rings.